The molecule has 1 heterocycles. The predicted molar refractivity (Wildman–Crippen MR) is 100 cm³/mol. The molecule has 3 rings (SSSR count). The van der Waals surface area contributed by atoms with Gasteiger partial charge in [0.25, 0.3) is 0 Å². The van der Waals surface area contributed by atoms with E-state index >= 15 is 0 Å². The molecule has 0 amide bonds. The maximum Gasteiger partial charge on any atom is 0.100 e. The van der Waals surface area contributed by atoms with E-state index in [1.54, 1.807) is 18.0 Å². The topological polar surface area (TPSA) is 33.1 Å². The van der Waals surface area contributed by atoms with Gasteiger partial charge in [-0.25, -0.2) is 0 Å². The van der Waals surface area contributed by atoms with Crippen molar-refractivity contribution >= 4 is 11.8 Å². The number of nitrogens with zero attached hydrogens (tertiary/aromatic N) is 1. The van der Waals surface area contributed by atoms with Crippen LogP contribution in [0.1, 0.15) is 29.7 Å². The van der Waals surface area contributed by atoms with Gasteiger partial charge in [0.1, 0.15) is 5.60 Å². The van der Waals surface area contributed by atoms with E-state index in [9.17, 15) is 5.11 Å². The van der Waals surface area contributed by atoms with Crippen molar-refractivity contribution in [2.45, 2.75) is 23.3 Å². The summed E-state index contributed by atoms with van der Waals surface area (Å²) >= 11 is 1.65. The van der Waals surface area contributed by atoms with Gasteiger partial charge in [-0.2, -0.15) is 0 Å². The van der Waals surface area contributed by atoms with Crippen LogP contribution in [-0.2, 0) is 5.60 Å². The zero-order valence-corrected chi connectivity index (χ0v) is 14.7. The fourth-order valence-corrected chi connectivity index (χ4v) is 3.90. The van der Waals surface area contributed by atoms with Crippen molar-refractivity contribution in [3.05, 3.63) is 95.8 Å². The fraction of sp³-hybridized carbons (Fsp3) is 0.190. The fourth-order valence-electron chi connectivity index (χ4n) is 3.19. The molecule has 0 saturated heterocycles. The first-order chi connectivity index (χ1) is 11.6. The van der Waals surface area contributed by atoms with Gasteiger partial charge in [0.15, 0.2) is 0 Å². The first kappa shape index (κ1) is 16.7. The number of pyridine rings is 1. The Morgan fingerprint density at radius 3 is 2.25 bits per heavy atom. The normalized spacial score (nSPS) is 14.8. The van der Waals surface area contributed by atoms with E-state index in [4.69, 9.17) is 0 Å². The molecule has 3 heteroatoms. The van der Waals surface area contributed by atoms with Gasteiger partial charge in [-0.3, -0.25) is 4.98 Å². The summed E-state index contributed by atoms with van der Waals surface area (Å²) in [5.74, 6) is -0.242. The van der Waals surface area contributed by atoms with Crippen molar-refractivity contribution in [3.63, 3.8) is 0 Å². The molecule has 0 saturated carbocycles. The molecule has 2 unspecified atom stereocenters. The molecule has 0 spiro atoms. The minimum Gasteiger partial charge on any atom is -0.384 e. The number of thioether (sulfide) groups is 1. The number of hydrogen-bond acceptors (Lipinski definition) is 3. The van der Waals surface area contributed by atoms with Crippen LogP contribution in [0.3, 0.4) is 0 Å². The highest BCUT2D eigenvalue weighted by molar-refractivity contribution is 7.98. The maximum absolute atomic E-state index is 11.6. The SMILES string of the molecule is CSc1ccccc1C(C)(O)C(c1ccccc1)c1ccccn1. The quantitative estimate of drug-likeness (QED) is 0.677. The molecule has 0 fully saturated rings. The van der Waals surface area contributed by atoms with Gasteiger partial charge in [-0.15, -0.1) is 11.8 Å². The van der Waals surface area contributed by atoms with Crippen LogP contribution < -0.4 is 0 Å². The summed E-state index contributed by atoms with van der Waals surface area (Å²) in [6, 6.07) is 24.0. The average molecular weight is 335 g/mol. The minimum atomic E-state index is -1.07. The Bertz CT molecular complexity index is 748. The smallest absolute Gasteiger partial charge is 0.100 e. The molecule has 2 aromatic carbocycles. The minimum absolute atomic E-state index is 0.242. The molecule has 0 radical (unpaired) electrons. The van der Waals surface area contributed by atoms with Crippen molar-refractivity contribution in [3.8, 4) is 0 Å². The highest BCUT2D eigenvalue weighted by Crippen LogP contribution is 2.43. The predicted octanol–water partition coefficient (Wildman–Crippen LogP) is 4.84. The Labute approximate surface area is 147 Å². The van der Waals surface area contributed by atoms with Crippen LogP contribution in [0, 0.1) is 0 Å². The molecule has 122 valence electrons. The zero-order valence-electron chi connectivity index (χ0n) is 13.9. The molecule has 2 atom stereocenters. The second kappa shape index (κ2) is 7.20. The van der Waals surface area contributed by atoms with Crippen LogP contribution in [0.25, 0.3) is 0 Å². The van der Waals surface area contributed by atoms with Gasteiger partial charge in [-0.1, -0.05) is 54.6 Å². The summed E-state index contributed by atoms with van der Waals surface area (Å²) in [5, 5.41) is 11.6. The van der Waals surface area contributed by atoms with Crippen molar-refractivity contribution in [2.75, 3.05) is 6.26 Å². The van der Waals surface area contributed by atoms with Crippen LogP contribution in [0.5, 0.6) is 0 Å². The Morgan fingerprint density at radius 2 is 1.58 bits per heavy atom. The first-order valence-electron chi connectivity index (χ1n) is 7.96. The Morgan fingerprint density at radius 1 is 0.917 bits per heavy atom. The molecule has 0 aliphatic carbocycles. The van der Waals surface area contributed by atoms with E-state index in [1.165, 1.54) is 0 Å². The summed E-state index contributed by atoms with van der Waals surface area (Å²) in [7, 11) is 0. The lowest BCUT2D eigenvalue weighted by Gasteiger charge is -2.34. The van der Waals surface area contributed by atoms with Crippen LogP contribution in [0.4, 0.5) is 0 Å². The van der Waals surface area contributed by atoms with E-state index in [-0.39, 0.29) is 5.92 Å². The molecular weight excluding hydrogens is 314 g/mol. The number of aromatic nitrogens is 1. The van der Waals surface area contributed by atoms with E-state index in [2.05, 4.69) is 23.2 Å². The Hall–Kier alpha value is -2.10. The standard InChI is InChI=1S/C21H21NOS/c1-21(23,17-12-6-7-14-19(17)24-2)20(16-10-4-3-5-11-16)18-13-8-9-15-22-18/h3-15,20,23H,1-2H3. The summed E-state index contributed by atoms with van der Waals surface area (Å²) in [4.78, 5) is 5.62. The van der Waals surface area contributed by atoms with Gasteiger partial charge in [0.2, 0.25) is 0 Å². The van der Waals surface area contributed by atoms with Crippen LogP contribution >= 0.6 is 11.8 Å². The number of benzene rings is 2. The zero-order chi connectivity index (χ0) is 17.0. The highest BCUT2D eigenvalue weighted by Gasteiger charge is 2.38. The van der Waals surface area contributed by atoms with E-state index in [0.29, 0.717) is 0 Å². The van der Waals surface area contributed by atoms with Crippen molar-refractivity contribution in [1.29, 1.82) is 0 Å². The van der Waals surface area contributed by atoms with Crippen LogP contribution in [0.15, 0.2) is 83.9 Å². The van der Waals surface area contributed by atoms with Gasteiger partial charge in [-0.05, 0) is 42.5 Å². The molecule has 0 aliphatic rings. The lowest BCUT2D eigenvalue weighted by atomic mass is 9.76. The Kier molecular flexibility index (Phi) is 5.03. The van der Waals surface area contributed by atoms with Gasteiger partial charge >= 0.3 is 0 Å². The second-order valence-corrected chi connectivity index (χ2v) is 6.79. The van der Waals surface area contributed by atoms with Crippen LogP contribution in [-0.4, -0.2) is 16.3 Å². The van der Waals surface area contributed by atoms with E-state index in [1.807, 2.05) is 67.8 Å². The van der Waals surface area contributed by atoms with E-state index < -0.39 is 5.60 Å². The van der Waals surface area contributed by atoms with E-state index in [0.717, 1.165) is 21.7 Å². The number of hydrogen-bond donors (Lipinski definition) is 1. The van der Waals surface area contributed by atoms with Gasteiger partial charge in [0.05, 0.1) is 11.6 Å². The number of aliphatic hydroxyl groups is 1. The molecular formula is C21H21NOS. The highest BCUT2D eigenvalue weighted by atomic mass is 32.2. The van der Waals surface area contributed by atoms with Crippen molar-refractivity contribution in [2.24, 2.45) is 0 Å². The molecule has 1 N–H and O–H groups in total. The average Bonchev–Trinajstić information content (AvgIpc) is 2.63. The summed E-state index contributed by atoms with van der Waals surface area (Å²) in [5.41, 5.74) is 1.77. The maximum atomic E-state index is 11.6. The third kappa shape index (κ3) is 3.23. The molecule has 1 aromatic heterocycles. The van der Waals surface area contributed by atoms with Gasteiger partial charge < -0.3 is 5.11 Å². The van der Waals surface area contributed by atoms with Crippen molar-refractivity contribution < 1.29 is 5.11 Å². The van der Waals surface area contributed by atoms with Gasteiger partial charge in [0, 0.05) is 11.1 Å². The molecule has 0 aliphatic heterocycles. The third-order valence-corrected chi connectivity index (χ3v) is 5.13. The largest absolute Gasteiger partial charge is 0.384 e. The lowest BCUT2D eigenvalue weighted by molar-refractivity contribution is 0.0354. The van der Waals surface area contributed by atoms with Crippen LogP contribution in [0.2, 0.25) is 0 Å². The molecule has 0 bridgehead atoms. The number of rotatable bonds is 5. The summed E-state index contributed by atoms with van der Waals surface area (Å²) in [6.45, 7) is 1.88. The molecule has 2 nitrogen and oxygen atoms in total. The lowest BCUT2D eigenvalue weighted by Crippen LogP contribution is -2.32. The Balaban J connectivity index is 2.18. The first-order valence-corrected chi connectivity index (χ1v) is 9.19. The third-order valence-electron chi connectivity index (χ3n) is 4.33. The van der Waals surface area contributed by atoms with Crippen molar-refractivity contribution in [1.82, 2.24) is 4.98 Å². The summed E-state index contributed by atoms with van der Waals surface area (Å²) in [6.07, 6.45) is 3.81. The second-order valence-electron chi connectivity index (χ2n) is 5.95. The molecule has 24 heavy (non-hydrogen) atoms. The summed E-state index contributed by atoms with van der Waals surface area (Å²) < 4.78 is 0. The molecule has 3 aromatic rings. The monoisotopic (exact) mass is 335 g/mol.